The van der Waals surface area contributed by atoms with Crippen LogP contribution >= 0.6 is 0 Å². The number of pyridine rings is 1. The van der Waals surface area contributed by atoms with Gasteiger partial charge in [0.25, 0.3) is 0 Å². The first-order valence-corrected chi connectivity index (χ1v) is 7.48. The van der Waals surface area contributed by atoms with E-state index in [-0.39, 0.29) is 0 Å². The van der Waals surface area contributed by atoms with E-state index in [9.17, 15) is 0 Å². The zero-order valence-corrected chi connectivity index (χ0v) is 11.5. The molecule has 1 aromatic heterocycles. The van der Waals surface area contributed by atoms with Gasteiger partial charge in [-0.05, 0) is 38.6 Å². The van der Waals surface area contributed by atoms with Gasteiger partial charge in [-0.15, -0.1) is 0 Å². The molecule has 0 aliphatic carbocycles. The Morgan fingerprint density at radius 3 is 2.89 bits per heavy atom. The predicted octanol–water partition coefficient (Wildman–Crippen LogP) is 2.20. The van der Waals surface area contributed by atoms with E-state index in [0.29, 0.717) is 6.04 Å². The standard InChI is InChI=1S/C15H23N3O/c1-2-7-18(8-3-1)14-9-15(11-16-10-14)19-12-13-5-4-6-17-13/h9-11,13,17H,1-8,12H2/t13-/m0/s1. The predicted molar refractivity (Wildman–Crippen MR) is 76.8 cm³/mol. The quantitative estimate of drug-likeness (QED) is 0.901. The lowest BCUT2D eigenvalue weighted by molar-refractivity contribution is 0.276. The molecule has 0 radical (unpaired) electrons. The van der Waals surface area contributed by atoms with Crippen molar-refractivity contribution in [3.05, 3.63) is 18.5 Å². The molecule has 4 nitrogen and oxygen atoms in total. The van der Waals surface area contributed by atoms with Gasteiger partial charge >= 0.3 is 0 Å². The lowest BCUT2D eigenvalue weighted by atomic mass is 10.1. The molecule has 4 heteroatoms. The highest BCUT2D eigenvalue weighted by molar-refractivity contribution is 5.48. The third-order valence-electron chi connectivity index (χ3n) is 4.03. The first-order valence-electron chi connectivity index (χ1n) is 7.48. The number of ether oxygens (including phenoxy) is 1. The fraction of sp³-hybridized carbons (Fsp3) is 0.667. The monoisotopic (exact) mass is 261 g/mol. The molecule has 2 saturated heterocycles. The number of nitrogens with zero attached hydrogens (tertiary/aromatic N) is 2. The van der Waals surface area contributed by atoms with Crippen LogP contribution in [0.5, 0.6) is 5.75 Å². The second-order valence-corrected chi connectivity index (χ2v) is 5.53. The van der Waals surface area contributed by atoms with E-state index in [0.717, 1.165) is 32.0 Å². The highest BCUT2D eigenvalue weighted by Crippen LogP contribution is 2.23. The molecule has 0 unspecified atom stereocenters. The number of piperidine rings is 1. The number of nitrogens with one attached hydrogen (secondary N) is 1. The molecule has 19 heavy (non-hydrogen) atoms. The van der Waals surface area contributed by atoms with E-state index in [1.165, 1.54) is 37.8 Å². The Kier molecular flexibility index (Phi) is 4.18. The molecule has 0 saturated carbocycles. The van der Waals surface area contributed by atoms with Crippen LogP contribution in [0.3, 0.4) is 0 Å². The largest absolute Gasteiger partial charge is 0.490 e. The maximum Gasteiger partial charge on any atom is 0.139 e. The smallest absolute Gasteiger partial charge is 0.139 e. The van der Waals surface area contributed by atoms with Crippen LogP contribution in [0.4, 0.5) is 5.69 Å². The van der Waals surface area contributed by atoms with Crippen LogP contribution in [0.1, 0.15) is 32.1 Å². The Balaban J connectivity index is 1.58. The third kappa shape index (κ3) is 3.38. The molecule has 0 aromatic carbocycles. The van der Waals surface area contributed by atoms with Crippen molar-refractivity contribution in [1.82, 2.24) is 10.3 Å². The zero-order chi connectivity index (χ0) is 12.9. The molecule has 1 N–H and O–H groups in total. The van der Waals surface area contributed by atoms with Gasteiger partial charge in [-0.3, -0.25) is 4.98 Å². The summed E-state index contributed by atoms with van der Waals surface area (Å²) < 4.78 is 5.87. The Labute approximate surface area is 115 Å². The summed E-state index contributed by atoms with van der Waals surface area (Å²) in [7, 11) is 0. The summed E-state index contributed by atoms with van der Waals surface area (Å²) in [6, 6.07) is 2.64. The van der Waals surface area contributed by atoms with Gasteiger partial charge < -0.3 is 15.0 Å². The molecule has 3 heterocycles. The fourth-order valence-electron chi connectivity index (χ4n) is 2.91. The van der Waals surface area contributed by atoms with Gasteiger partial charge in [-0.25, -0.2) is 0 Å². The van der Waals surface area contributed by atoms with Gasteiger partial charge in [0.15, 0.2) is 0 Å². The van der Waals surface area contributed by atoms with Crippen molar-refractivity contribution < 1.29 is 4.74 Å². The second kappa shape index (κ2) is 6.24. The number of hydrogen-bond acceptors (Lipinski definition) is 4. The number of hydrogen-bond donors (Lipinski definition) is 1. The summed E-state index contributed by atoms with van der Waals surface area (Å²) in [6.45, 7) is 4.18. The molecule has 1 aromatic rings. The van der Waals surface area contributed by atoms with Crippen molar-refractivity contribution in [3.8, 4) is 5.75 Å². The van der Waals surface area contributed by atoms with Crippen molar-refractivity contribution in [3.63, 3.8) is 0 Å². The average Bonchev–Trinajstić information content (AvgIpc) is 3.00. The molecule has 2 fully saturated rings. The van der Waals surface area contributed by atoms with Crippen molar-refractivity contribution in [1.29, 1.82) is 0 Å². The maximum absolute atomic E-state index is 5.87. The van der Waals surface area contributed by atoms with Crippen molar-refractivity contribution in [2.24, 2.45) is 0 Å². The van der Waals surface area contributed by atoms with Crippen molar-refractivity contribution in [2.45, 2.75) is 38.1 Å². The molecule has 0 amide bonds. The zero-order valence-electron chi connectivity index (χ0n) is 11.5. The molecule has 2 aliphatic heterocycles. The third-order valence-corrected chi connectivity index (χ3v) is 4.03. The van der Waals surface area contributed by atoms with Crippen LogP contribution in [0.25, 0.3) is 0 Å². The molecule has 0 bridgehead atoms. The molecule has 104 valence electrons. The minimum absolute atomic E-state index is 0.513. The van der Waals surface area contributed by atoms with Crippen LogP contribution in [0, 0.1) is 0 Å². The number of aromatic nitrogens is 1. The first kappa shape index (κ1) is 12.7. The van der Waals surface area contributed by atoms with Crippen LogP contribution in [0.15, 0.2) is 18.5 Å². The summed E-state index contributed by atoms with van der Waals surface area (Å²) in [5.74, 6) is 0.900. The van der Waals surface area contributed by atoms with Gasteiger partial charge in [0.1, 0.15) is 12.4 Å². The summed E-state index contributed by atoms with van der Waals surface area (Å²) in [5.41, 5.74) is 1.21. The molecule has 3 rings (SSSR count). The maximum atomic E-state index is 5.87. The van der Waals surface area contributed by atoms with Gasteiger partial charge in [-0.1, -0.05) is 0 Å². The van der Waals surface area contributed by atoms with Gasteiger partial charge in [0.05, 0.1) is 18.1 Å². The van der Waals surface area contributed by atoms with Crippen LogP contribution in [0.2, 0.25) is 0 Å². The van der Waals surface area contributed by atoms with E-state index in [1.807, 2.05) is 12.4 Å². The van der Waals surface area contributed by atoms with Crippen LogP contribution < -0.4 is 15.0 Å². The Bertz CT molecular complexity index is 398. The average molecular weight is 261 g/mol. The molecule has 1 atom stereocenters. The molecule has 0 spiro atoms. The topological polar surface area (TPSA) is 37.4 Å². The summed E-state index contributed by atoms with van der Waals surface area (Å²) in [6.07, 6.45) is 10.2. The van der Waals surface area contributed by atoms with E-state index in [2.05, 4.69) is 21.3 Å². The molecule has 2 aliphatic rings. The number of rotatable bonds is 4. The number of anilines is 1. The summed E-state index contributed by atoms with van der Waals surface area (Å²) in [4.78, 5) is 6.73. The van der Waals surface area contributed by atoms with Gasteiger partial charge in [-0.2, -0.15) is 0 Å². The highest BCUT2D eigenvalue weighted by Gasteiger charge is 2.15. The van der Waals surface area contributed by atoms with Gasteiger partial charge in [0.2, 0.25) is 0 Å². The Hall–Kier alpha value is -1.29. The van der Waals surface area contributed by atoms with E-state index in [1.54, 1.807) is 0 Å². The molecular formula is C15H23N3O. The minimum atomic E-state index is 0.513. The lowest BCUT2D eigenvalue weighted by Crippen LogP contribution is -2.30. The summed E-state index contributed by atoms with van der Waals surface area (Å²) in [5, 5.41) is 3.45. The normalized spacial score (nSPS) is 23.6. The van der Waals surface area contributed by atoms with Crippen molar-refractivity contribution >= 4 is 5.69 Å². The minimum Gasteiger partial charge on any atom is -0.490 e. The highest BCUT2D eigenvalue weighted by atomic mass is 16.5. The second-order valence-electron chi connectivity index (χ2n) is 5.53. The Morgan fingerprint density at radius 1 is 1.21 bits per heavy atom. The van der Waals surface area contributed by atoms with Gasteiger partial charge in [0, 0.05) is 25.2 Å². The van der Waals surface area contributed by atoms with Crippen LogP contribution in [-0.4, -0.2) is 37.3 Å². The fourth-order valence-corrected chi connectivity index (χ4v) is 2.91. The Morgan fingerprint density at radius 2 is 2.11 bits per heavy atom. The summed E-state index contributed by atoms with van der Waals surface area (Å²) >= 11 is 0. The lowest BCUT2D eigenvalue weighted by Gasteiger charge is -2.28. The SMILES string of the molecule is c1ncc(N2CCCCC2)cc1OC[C@@H]1CCCN1. The van der Waals surface area contributed by atoms with E-state index < -0.39 is 0 Å². The molecular weight excluding hydrogens is 238 g/mol. The van der Waals surface area contributed by atoms with E-state index >= 15 is 0 Å². The van der Waals surface area contributed by atoms with E-state index in [4.69, 9.17) is 4.74 Å². The first-order chi connectivity index (χ1) is 9.42. The van der Waals surface area contributed by atoms with Crippen molar-refractivity contribution in [2.75, 3.05) is 31.1 Å². The van der Waals surface area contributed by atoms with Crippen LogP contribution in [-0.2, 0) is 0 Å².